The van der Waals surface area contributed by atoms with Crippen LogP contribution in [0.5, 0.6) is 0 Å². The van der Waals surface area contributed by atoms with Crippen LogP contribution in [0, 0.1) is 0 Å². The quantitative estimate of drug-likeness (QED) is 0.586. The molecule has 0 aliphatic carbocycles. The van der Waals surface area contributed by atoms with Crippen molar-refractivity contribution in [3.05, 3.63) is 33.8 Å². The van der Waals surface area contributed by atoms with Gasteiger partial charge in [-0.2, -0.15) is 0 Å². The molecule has 5 heteroatoms. The van der Waals surface area contributed by atoms with Crippen LogP contribution in [0.4, 0.5) is 0 Å². The summed E-state index contributed by atoms with van der Waals surface area (Å²) in [6.45, 7) is 0.306. The van der Waals surface area contributed by atoms with Crippen molar-refractivity contribution < 1.29 is 0 Å². The number of hydrogen-bond acceptors (Lipinski definition) is 1. The highest BCUT2D eigenvalue weighted by molar-refractivity contribution is 6.35. The van der Waals surface area contributed by atoms with E-state index in [1.807, 2.05) is 0 Å². The molecule has 0 saturated heterocycles. The van der Waals surface area contributed by atoms with Crippen LogP contribution in [0.3, 0.4) is 0 Å². The standard InChI is InChI=1S/C8H9Cl2N3/c9-6-2-1-3-7(10)5(6)4-13-8(11)12/h1-3H,4H2,(H4,11,12,13). The van der Waals surface area contributed by atoms with Crippen molar-refractivity contribution in [1.29, 1.82) is 0 Å². The molecular formula is C8H9Cl2N3. The van der Waals surface area contributed by atoms with Gasteiger partial charge in [-0.05, 0) is 12.1 Å². The van der Waals surface area contributed by atoms with Gasteiger partial charge in [0.1, 0.15) is 0 Å². The molecule has 0 atom stereocenters. The van der Waals surface area contributed by atoms with Crippen LogP contribution < -0.4 is 11.5 Å². The fraction of sp³-hybridized carbons (Fsp3) is 0.125. The molecule has 4 N–H and O–H groups in total. The molecule has 3 nitrogen and oxygen atoms in total. The number of rotatable bonds is 2. The first-order valence-corrected chi connectivity index (χ1v) is 4.35. The van der Waals surface area contributed by atoms with Crippen LogP contribution in [0.15, 0.2) is 23.2 Å². The molecule has 0 heterocycles. The summed E-state index contributed by atoms with van der Waals surface area (Å²) in [7, 11) is 0. The highest BCUT2D eigenvalue weighted by Crippen LogP contribution is 2.24. The maximum atomic E-state index is 5.88. The molecule has 1 aromatic carbocycles. The summed E-state index contributed by atoms with van der Waals surface area (Å²) in [5.74, 6) is 0.0241. The number of guanidine groups is 1. The summed E-state index contributed by atoms with van der Waals surface area (Å²) >= 11 is 11.8. The molecule has 13 heavy (non-hydrogen) atoms. The highest BCUT2D eigenvalue weighted by atomic mass is 35.5. The second-order valence-electron chi connectivity index (χ2n) is 2.44. The van der Waals surface area contributed by atoms with Gasteiger partial charge in [0.2, 0.25) is 0 Å². The largest absolute Gasteiger partial charge is 0.370 e. The van der Waals surface area contributed by atoms with Crippen molar-refractivity contribution in [2.24, 2.45) is 16.5 Å². The van der Waals surface area contributed by atoms with Crippen LogP contribution in [-0.2, 0) is 6.54 Å². The molecule has 0 unspecified atom stereocenters. The highest BCUT2D eigenvalue weighted by Gasteiger charge is 2.03. The predicted molar refractivity (Wildman–Crippen MR) is 56.0 cm³/mol. The summed E-state index contributed by atoms with van der Waals surface area (Å²) in [5, 5.41) is 1.13. The maximum absolute atomic E-state index is 5.88. The topological polar surface area (TPSA) is 64.4 Å². The van der Waals surface area contributed by atoms with Gasteiger partial charge in [-0.1, -0.05) is 29.3 Å². The fourth-order valence-corrected chi connectivity index (χ4v) is 1.37. The van der Waals surface area contributed by atoms with E-state index < -0.39 is 0 Å². The molecular weight excluding hydrogens is 209 g/mol. The van der Waals surface area contributed by atoms with Crippen LogP contribution in [-0.4, -0.2) is 5.96 Å². The Morgan fingerprint density at radius 1 is 1.23 bits per heavy atom. The third-order valence-corrected chi connectivity index (χ3v) is 2.19. The van der Waals surface area contributed by atoms with Gasteiger partial charge >= 0.3 is 0 Å². The van der Waals surface area contributed by atoms with E-state index in [0.717, 1.165) is 5.56 Å². The third kappa shape index (κ3) is 2.79. The van der Waals surface area contributed by atoms with Crippen molar-refractivity contribution in [2.45, 2.75) is 6.54 Å². The number of hydrogen-bond donors (Lipinski definition) is 2. The van der Waals surface area contributed by atoms with Crippen LogP contribution >= 0.6 is 23.2 Å². The lowest BCUT2D eigenvalue weighted by Gasteiger charge is -2.02. The monoisotopic (exact) mass is 217 g/mol. The van der Waals surface area contributed by atoms with Crippen LogP contribution in [0.25, 0.3) is 0 Å². The molecule has 0 radical (unpaired) electrons. The van der Waals surface area contributed by atoms with Gasteiger partial charge < -0.3 is 11.5 Å². The maximum Gasteiger partial charge on any atom is 0.186 e. The molecule has 0 amide bonds. The van der Waals surface area contributed by atoms with Gasteiger partial charge in [-0.15, -0.1) is 0 Å². The first-order valence-electron chi connectivity index (χ1n) is 3.59. The lowest BCUT2D eigenvalue weighted by molar-refractivity contribution is 1.06. The van der Waals surface area contributed by atoms with E-state index in [4.69, 9.17) is 34.7 Å². The summed E-state index contributed by atoms with van der Waals surface area (Å²) in [6, 6.07) is 5.25. The van der Waals surface area contributed by atoms with Gasteiger partial charge in [0, 0.05) is 15.6 Å². The fourth-order valence-electron chi connectivity index (χ4n) is 0.854. The van der Waals surface area contributed by atoms with E-state index >= 15 is 0 Å². The number of aliphatic imine (C=N–C) groups is 1. The van der Waals surface area contributed by atoms with E-state index in [9.17, 15) is 0 Å². The number of nitrogens with two attached hydrogens (primary N) is 2. The molecule has 0 fully saturated rings. The molecule has 0 saturated carbocycles. The first kappa shape index (κ1) is 10.2. The van der Waals surface area contributed by atoms with Crippen molar-refractivity contribution in [3.8, 4) is 0 Å². The SMILES string of the molecule is NC(N)=NCc1c(Cl)cccc1Cl. The molecule has 1 rings (SSSR count). The molecule has 70 valence electrons. The summed E-state index contributed by atoms with van der Waals surface area (Å²) in [5.41, 5.74) is 11.1. The van der Waals surface area contributed by atoms with Gasteiger partial charge in [0.25, 0.3) is 0 Å². The average Bonchev–Trinajstić information content (AvgIpc) is 2.03. The van der Waals surface area contributed by atoms with Crippen LogP contribution in [0.2, 0.25) is 10.0 Å². The lowest BCUT2D eigenvalue weighted by Crippen LogP contribution is -2.22. The van der Waals surface area contributed by atoms with Crippen molar-refractivity contribution >= 4 is 29.2 Å². The molecule has 0 aromatic heterocycles. The Bertz CT molecular complexity index is 312. The number of benzene rings is 1. The summed E-state index contributed by atoms with van der Waals surface area (Å²) in [6.07, 6.45) is 0. The Balaban J connectivity index is 2.94. The molecule has 0 bridgehead atoms. The van der Waals surface area contributed by atoms with E-state index in [-0.39, 0.29) is 5.96 Å². The zero-order chi connectivity index (χ0) is 9.84. The Labute approximate surface area is 86.3 Å². The Hall–Kier alpha value is -0.930. The molecule has 1 aromatic rings. The van der Waals surface area contributed by atoms with Crippen molar-refractivity contribution in [3.63, 3.8) is 0 Å². The minimum absolute atomic E-state index is 0.0241. The average molecular weight is 218 g/mol. The molecule has 0 aliphatic rings. The third-order valence-electron chi connectivity index (χ3n) is 1.48. The predicted octanol–water partition coefficient (Wildman–Crippen LogP) is 1.77. The van der Waals surface area contributed by atoms with E-state index in [0.29, 0.717) is 16.6 Å². The van der Waals surface area contributed by atoms with E-state index in [2.05, 4.69) is 4.99 Å². The van der Waals surface area contributed by atoms with Gasteiger partial charge in [0.05, 0.1) is 6.54 Å². The Morgan fingerprint density at radius 2 is 1.77 bits per heavy atom. The lowest BCUT2D eigenvalue weighted by atomic mass is 10.2. The Morgan fingerprint density at radius 3 is 2.23 bits per heavy atom. The molecule has 0 spiro atoms. The zero-order valence-electron chi connectivity index (χ0n) is 6.80. The van der Waals surface area contributed by atoms with E-state index in [1.165, 1.54) is 0 Å². The Kier molecular flexibility index (Phi) is 3.39. The number of halogens is 2. The van der Waals surface area contributed by atoms with Crippen molar-refractivity contribution in [2.75, 3.05) is 0 Å². The first-order chi connectivity index (χ1) is 6.11. The second kappa shape index (κ2) is 4.35. The number of nitrogens with zero attached hydrogens (tertiary/aromatic N) is 1. The van der Waals surface area contributed by atoms with Gasteiger partial charge in [0.15, 0.2) is 5.96 Å². The van der Waals surface area contributed by atoms with E-state index in [1.54, 1.807) is 18.2 Å². The molecule has 0 aliphatic heterocycles. The summed E-state index contributed by atoms with van der Waals surface area (Å²) in [4.78, 5) is 3.82. The summed E-state index contributed by atoms with van der Waals surface area (Å²) < 4.78 is 0. The van der Waals surface area contributed by atoms with Crippen molar-refractivity contribution in [1.82, 2.24) is 0 Å². The minimum Gasteiger partial charge on any atom is -0.370 e. The smallest absolute Gasteiger partial charge is 0.186 e. The second-order valence-corrected chi connectivity index (χ2v) is 3.26. The zero-order valence-corrected chi connectivity index (χ0v) is 8.31. The van der Waals surface area contributed by atoms with Gasteiger partial charge in [-0.25, -0.2) is 4.99 Å². The van der Waals surface area contributed by atoms with Crippen LogP contribution in [0.1, 0.15) is 5.56 Å². The van der Waals surface area contributed by atoms with Gasteiger partial charge in [-0.3, -0.25) is 0 Å². The minimum atomic E-state index is 0.0241. The normalized spacial score (nSPS) is 9.69.